The maximum absolute atomic E-state index is 12.0. The number of amides is 1. The van der Waals surface area contributed by atoms with E-state index in [1.54, 1.807) is 7.11 Å². The van der Waals surface area contributed by atoms with Crippen LogP contribution in [-0.2, 0) is 4.79 Å². The van der Waals surface area contributed by atoms with Crippen molar-refractivity contribution < 1.29 is 14.6 Å². The molecule has 0 bridgehead atoms. The number of ether oxygens (including phenoxy) is 1. The summed E-state index contributed by atoms with van der Waals surface area (Å²) in [5.41, 5.74) is 3.45. The molecule has 5 nitrogen and oxygen atoms in total. The number of aliphatic hydroxyl groups is 1. The lowest BCUT2D eigenvalue weighted by Crippen LogP contribution is -2.72. The molecule has 2 aromatic carbocycles. The molecule has 25 heavy (non-hydrogen) atoms. The van der Waals surface area contributed by atoms with Gasteiger partial charge in [-0.25, -0.2) is 0 Å². The number of nitrogens with one attached hydrogen (secondary N) is 1. The Hall–Kier alpha value is -2.37. The van der Waals surface area contributed by atoms with Gasteiger partial charge >= 0.3 is 0 Å². The number of nitrogens with zero attached hydrogens (tertiary/aromatic N) is 1. The molecule has 4 rings (SSSR count). The summed E-state index contributed by atoms with van der Waals surface area (Å²) < 4.78 is 5.20. The molecule has 0 aromatic heterocycles. The Balaban J connectivity index is 1.56. The van der Waals surface area contributed by atoms with Crippen LogP contribution in [0.5, 0.6) is 5.75 Å². The lowest BCUT2D eigenvalue weighted by molar-refractivity contribution is -0.153. The van der Waals surface area contributed by atoms with Gasteiger partial charge in [-0.1, -0.05) is 36.4 Å². The van der Waals surface area contributed by atoms with Crippen LogP contribution in [0, 0.1) is 0 Å². The number of rotatable bonds is 4. The van der Waals surface area contributed by atoms with Crippen LogP contribution >= 0.6 is 0 Å². The van der Waals surface area contributed by atoms with Crippen LogP contribution in [0.2, 0.25) is 0 Å². The number of methoxy groups -OCH3 is 1. The van der Waals surface area contributed by atoms with E-state index in [2.05, 4.69) is 29.6 Å². The van der Waals surface area contributed by atoms with E-state index < -0.39 is 0 Å². The predicted molar refractivity (Wildman–Crippen MR) is 95.5 cm³/mol. The zero-order valence-corrected chi connectivity index (χ0v) is 14.2. The van der Waals surface area contributed by atoms with E-state index in [1.807, 2.05) is 29.2 Å². The summed E-state index contributed by atoms with van der Waals surface area (Å²) in [6, 6.07) is 16.5. The molecule has 2 aromatic rings. The van der Waals surface area contributed by atoms with Gasteiger partial charge in [-0.15, -0.1) is 0 Å². The molecule has 2 fully saturated rings. The van der Waals surface area contributed by atoms with Crippen molar-refractivity contribution in [1.29, 1.82) is 0 Å². The van der Waals surface area contributed by atoms with E-state index in [0.29, 0.717) is 6.54 Å². The van der Waals surface area contributed by atoms with Gasteiger partial charge in [0.1, 0.15) is 5.75 Å². The second kappa shape index (κ2) is 6.50. The minimum absolute atomic E-state index is 0.00708. The Morgan fingerprint density at radius 2 is 1.76 bits per heavy atom. The minimum Gasteiger partial charge on any atom is -0.497 e. The van der Waals surface area contributed by atoms with E-state index in [9.17, 15) is 9.90 Å². The number of fused-ring (bicyclic) bond motifs is 1. The van der Waals surface area contributed by atoms with Gasteiger partial charge in [0.05, 0.1) is 32.3 Å². The lowest BCUT2D eigenvalue weighted by Gasteiger charge is -2.57. The highest BCUT2D eigenvalue weighted by molar-refractivity contribution is 5.81. The molecule has 3 atom stereocenters. The monoisotopic (exact) mass is 338 g/mol. The molecule has 1 amide bonds. The van der Waals surface area contributed by atoms with Crippen molar-refractivity contribution in [2.24, 2.45) is 0 Å². The van der Waals surface area contributed by atoms with Crippen molar-refractivity contribution in [1.82, 2.24) is 10.2 Å². The van der Waals surface area contributed by atoms with Gasteiger partial charge in [0, 0.05) is 12.5 Å². The summed E-state index contributed by atoms with van der Waals surface area (Å²) in [6.45, 7) is 1.16. The van der Waals surface area contributed by atoms with Crippen molar-refractivity contribution in [2.45, 2.75) is 18.0 Å². The Labute approximate surface area is 147 Å². The van der Waals surface area contributed by atoms with Crippen molar-refractivity contribution in [3.63, 3.8) is 0 Å². The molecule has 130 valence electrons. The van der Waals surface area contributed by atoms with E-state index in [0.717, 1.165) is 23.4 Å². The average molecular weight is 338 g/mol. The number of carbonyl (C=O) groups is 1. The topological polar surface area (TPSA) is 61.8 Å². The summed E-state index contributed by atoms with van der Waals surface area (Å²) in [7, 11) is 1.66. The van der Waals surface area contributed by atoms with Crippen LogP contribution in [0.25, 0.3) is 11.1 Å². The maximum atomic E-state index is 12.0. The zero-order valence-electron chi connectivity index (χ0n) is 14.2. The molecule has 0 aliphatic carbocycles. The predicted octanol–water partition coefficient (Wildman–Crippen LogP) is 1.62. The molecule has 2 heterocycles. The van der Waals surface area contributed by atoms with Crippen LogP contribution in [-0.4, -0.2) is 54.8 Å². The Morgan fingerprint density at radius 3 is 2.36 bits per heavy atom. The summed E-state index contributed by atoms with van der Waals surface area (Å²) in [5, 5.41) is 12.9. The summed E-state index contributed by atoms with van der Waals surface area (Å²) in [4.78, 5) is 13.9. The fraction of sp³-hybridized carbons (Fsp3) is 0.350. The summed E-state index contributed by atoms with van der Waals surface area (Å²) in [5.74, 6) is 1.11. The highest BCUT2D eigenvalue weighted by Crippen LogP contribution is 2.41. The molecule has 0 radical (unpaired) electrons. The van der Waals surface area contributed by atoms with E-state index >= 15 is 0 Å². The number of carbonyl (C=O) groups excluding carboxylic acids is 1. The molecule has 0 spiro atoms. The van der Waals surface area contributed by atoms with Crippen molar-refractivity contribution in [3.8, 4) is 16.9 Å². The SMILES string of the molecule is COc1ccc(-c2ccc([C@@H]3[C@@H](CO)N4C(=O)CNC[C@H]34)cc2)cc1. The van der Waals surface area contributed by atoms with E-state index in [-0.39, 0.29) is 30.5 Å². The van der Waals surface area contributed by atoms with Gasteiger partial charge in [0.2, 0.25) is 5.91 Å². The van der Waals surface area contributed by atoms with Gasteiger partial charge in [-0.3, -0.25) is 4.79 Å². The first kappa shape index (κ1) is 16.1. The molecule has 2 aliphatic rings. The molecular formula is C20H22N2O3. The molecule has 2 aliphatic heterocycles. The van der Waals surface area contributed by atoms with E-state index in [4.69, 9.17) is 4.74 Å². The Bertz CT molecular complexity index is 752. The molecule has 2 N–H and O–H groups in total. The molecular weight excluding hydrogens is 316 g/mol. The minimum atomic E-state index is -0.105. The summed E-state index contributed by atoms with van der Waals surface area (Å²) >= 11 is 0. The van der Waals surface area contributed by atoms with Crippen molar-refractivity contribution in [2.75, 3.05) is 26.8 Å². The second-order valence-corrected chi connectivity index (χ2v) is 6.63. The number of hydrogen-bond acceptors (Lipinski definition) is 4. The van der Waals surface area contributed by atoms with Crippen LogP contribution in [0.1, 0.15) is 11.5 Å². The third-order valence-electron chi connectivity index (χ3n) is 5.37. The van der Waals surface area contributed by atoms with Gasteiger partial charge < -0.3 is 20.1 Å². The van der Waals surface area contributed by atoms with Crippen LogP contribution in [0.4, 0.5) is 0 Å². The Morgan fingerprint density at radius 1 is 1.12 bits per heavy atom. The molecule has 5 heteroatoms. The third-order valence-corrected chi connectivity index (χ3v) is 5.37. The quantitative estimate of drug-likeness (QED) is 0.889. The van der Waals surface area contributed by atoms with Crippen LogP contribution in [0.15, 0.2) is 48.5 Å². The number of benzene rings is 2. The largest absolute Gasteiger partial charge is 0.497 e. The lowest BCUT2D eigenvalue weighted by atomic mass is 9.74. The fourth-order valence-electron chi connectivity index (χ4n) is 4.09. The van der Waals surface area contributed by atoms with Gasteiger partial charge in [-0.2, -0.15) is 0 Å². The van der Waals surface area contributed by atoms with Crippen LogP contribution < -0.4 is 10.1 Å². The first-order chi connectivity index (χ1) is 12.2. The highest BCUT2D eigenvalue weighted by Gasteiger charge is 2.52. The average Bonchev–Trinajstić information content (AvgIpc) is 2.64. The fourth-order valence-corrected chi connectivity index (χ4v) is 4.09. The normalized spacial score (nSPS) is 25.3. The van der Waals surface area contributed by atoms with Crippen molar-refractivity contribution >= 4 is 5.91 Å². The van der Waals surface area contributed by atoms with Gasteiger partial charge in [0.15, 0.2) is 0 Å². The maximum Gasteiger partial charge on any atom is 0.237 e. The first-order valence-electron chi connectivity index (χ1n) is 8.60. The smallest absolute Gasteiger partial charge is 0.237 e. The summed E-state index contributed by atoms with van der Waals surface area (Å²) in [6.07, 6.45) is 0. The van der Waals surface area contributed by atoms with Crippen LogP contribution in [0.3, 0.4) is 0 Å². The number of hydrogen-bond donors (Lipinski definition) is 2. The number of aliphatic hydroxyl groups excluding tert-OH is 1. The Kier molecular flexibility index (Phi) is 4.19. The van der Waals surface area contributed by atoms with E-state index in [1.165, 1.54) is 5.56 Å². The zero-order chi connectivity index (χ0) is 17.4. The van der Waals surface area contributed by atoms with Crippen molar-refractivity contribution in [3.05, 3.63) is 54.1 Å². The molecule has 0 unspecified atom stereocenters. The molecule has 0 saturated carbocycles. The third kappa shape index (κ3) is 2.69. The molecule has 2 saturated heterocycles. The highest BCUT2D eigenvalue weighted by atomic mass is 16.5. The first-order valence-corrected chi connectivity index (χ1v) is 8.60. The number of piperazine rings is 1. The van der Waals surface area contributed by atoms with Gasteiger partial charge in [0.25, 0.3) is 0 Å². The standard InChI is InChI=1S/C20H22N2O3/c1-25-16-8-6-14(7-9-16)13-2-4-15(5-3-13)20-17-10-21-11-19(24)22(17)18(20)12-23/h2-9,17-18,20-21,23H,10-12H2,1H3/t17-,18-,20+/m1/s1. The van der Waals surface area contributed by atoms with Gasteiger partial charge in [-0.05, 0) is 28.8 Å². The second-order valence-electron chi connectivity index (χ2n) is 6.63.